The number of nitrogens with one attached hydrogen (secondary N) is 2. The van der Waals surface area contributed by atoms with Crippen LogP contribution in [0, 0.1) is 5.92 Å². The molecule has 0 aliphatic carbocycles. The van der Waals surface area contributed by atoms with Crippen LogP contribution < -0.4 is 10.6 Å². The van der Waals surface area contributed by atoms with Crippen LogP contribution in [0.5, 0.6) is 0 Å². The maximum Gasteiger partial charge on any atom is 0.220 e. The van der Waals surface area contributed by atoms with Crippen molar-refractivity contribution in [2.24, 2.45) is 5.92 Å². The van der Waals surface area contributed by atoms with Crippen molar-refractivity contribution in [3.63, 3.8) is 0 Å². The van der Waals surface area contributed by atoms with Crippen molar-refractivity contribution in [2.45, 2.75) is 51.5 Å². The van der Waals surface area contributed by atoms with E-state index in [1.165, 1.54) is 12.8 Å². The van der Waals surface area contributed by atoms with Crippen LogP contribution in [-0.2, 0) is 4.79 Å². The Labute approximate surface area is 104 Å². The summed E-state index contributed by atoms with van der Waals surface area (Å²) in [6.07, 6.45) is 4.63. The molecule has 4 heteroatoms. The third-order valence-electron chi connectivity index (χ3n) is 3.39. The normalized spacial score (nSPS) is 21.2. The molecule has 1 heterocycles. The minimum absolute atomic E-state index is 0.106. The zero-order valence-corrected chi connectivity index (χ0v) is 11.1. The molecule has 4 nitrogen and oxygen atoms in total. The lowest BCUT2D eigenvalue weighted by Crippen LogP contribution is -2.44. The summed E-state index contributed by atoms with van der Waals surface area (Å²) in [5, 5.41) is 15.2. The van der Waals surface area contributed by atoms with Crippen molar-refractivity contribution in [3.8, 4) is 0 Å². The Balaban J connectivity index is 2.20. The summed E-state index contributed by atoms with van der Waals surface area (Å²) < 4.78 is 0. The van der Waals surface area contributed by atoms with E-state index in [2.05, 4.69) is 10.6 Å². The first-order valence-corrected chi connectivity index (χ1v) is 6.66. The van der Waals surface area contributed by atoms with E-state index in [4.69, 9.17) is 5.11 Å². The molecule has 0 bridgehead atoms. The number of piperidine rings is 1. The summed E-state index contributed by atoms with van der Waals surface area (Å²) in [5.74, 6) is 0.754. The summed E-state index contributed by atoms with van der Waals surface area (Å²) in [6.45, 7) is 6.17. The van der Waals surface area contributed by atoms with Gasteiger partial charge in [0.1, 0.15) is 0 Å². The van der Waals surface area contributed by atoms with Crippen molar-refractivity contribution in [1.29, 1.82) is 0 Å². The Kier molecular flexibility index (Phi) is 5.92. The van der Waals surface area contributed by atoms with E-state index in [0.717, 1.165) is 19.5 Å². The van der Waals surface area contributed by atoms with Crippen LogP contribution in [0.3, 0.4) is 0 Å². The van der Waals surface area contributed by atoms with Crippen molar-refractivity contribution < 1.29 is 9.90 Å². The fraction of sp³-hybridized carbons (Fsp3) is 0.923. The molecule has 1 unspecified atom stereocenters. The first kappa shape index (κ1) is 14.5. The van der Waals surface area contributed by atoms with E-state index >= 15 is 0 Å². The third kappa shape index (κ3) is 6.03. The molecular weight excluding hydrogens is 216 g/mol. The van der Waals surface area contributed by atoms with E-state index < -0.39 is 0 Å². The van der Waals surface area contributed by atoms with E-state index in [1.54, 1.807) is 0 Å². The third-order valence-corrected chi connectivity index (χ3v) is 3.39. The minimum atomic E-state index is -0.295. The first-order valence-electron chi connectivity index (χ1n) is 6.66. The van der Waals surface area contributed by atoms with E-state index in [-0.39, 0.29) is 18.1 Å². The van der Waals surface area contributed by atoms with E-state index in [9.17, 15) is 4.79 Å². The van der Waals surface area contributed by atoms with Crippen molar-refractivity contribution in [1.82, 2.24) is 10.6 Å². The lowest BCUT2D eigenvalue weighted by molar-refractivity contribution is -0.123. The number of rotatable bonds is 6. The monoisotopic (exact) mass is 242 g/mol. The van der Waals surface area contributed by atoms with E-state index in [1.807, 2.05) is 13.8 Å². The van der Waals surface area contributed by atoms with Crippen molar-refractivity contribution >= 4 is 5.91 Å². The van der Waals surface area contributed by atoms with Crippen molar-refractivity contribution in [2.75, 3.05) is 19.7 Å². The number of amides is 1. The van der Waals surface area contributed by atoms with Crippen LogP contribution >= 0.6 is 0 Å². The minimum Gasteiger partial charge on any atom is -0.396 e. The Morgan fingerprint density at radius 3 is 2.88 bits per heavy atom. The number of carbonyl (C=O) groups excluding carboxylic acids is 1. The lowest BCUT2D eigenvalue weighted by Gasteiger charge is -2.26. The molecule has 0 aromatic carbocycles. The second-order valence-electron chi connectivity index (χ2n) is 5.66. The fourth-order valence-electron chi connectivity index (χ4n) is 2.29. The SMILES string of the molecule is CC(C)(CCO)NC(=O)CCC1CCCNC1. The topological polar surface area (TPSA) is 61.4 Å². The average molecular weight is 242 g/mol. The summed E-state index contributed by atoms with van der Waals surface area (Å²) in [4.78, 5) is 11.8. The molecule has 1 saturated heterocycles. The number of hydrogen-bond donors (Lipinski definition) is 3. The molecule has 3 N–H and O–H groups in total. The Morgan fingerprint density at radius 2 is 2.29 bits per heavy atom. The molecule has 1 aliphatic heterocycles. The van der Waals surface area contributed by atoms with Gasteiger partial charge < -0.3 is 15.7 Å². The highest BCUT2D eigenvalue weighted by atomic mass is 16.3. The highest BCUT2D eigenvalue weighted by Crippen LogP contribution is 2.16. The number of aliphatic hydroxyl groups is 1. The van der Waals surface area contributed by atoms with Crippen LogP contribution in [0.15, 0.2) is 0 Å². The summed E-state index contributed by atoms with van der Waals surface area (Å²) in [5.41, 5.74) is -0.295. The predicted molar refractivity (Wildman–Crippen MR) is 68.8 cm³/mol. The predicted octanol–water partition coefficient (Wildman–Crippen LogP) is 1.04. The first-order chi connectivity index (χ1) is 8.03. The molecule has 100 valence electrons. The van der Waals surface area contributed by atoms with Crippen LogP contribution in [0.2, 0.25) is 0 Å². The van der Waals surface area contributed by atoms with Gasteiger partial charge in [0.25, 0.3) is 0 Å². The zero-order valence-electron chi connectivity index (χ0n) is 11.1. The standard InChI is InChI=1S/C13H26N2O2/c1-13(2,7-9-16)15-12(17)6-5-11-4-3-8-14-10-11/h11,14,16H,3-10H2,1-2H3,(H,15,17). The van der Waals surface area contributed by atoms with E-state index in [0.29, 0.717) is 18.8 Å². The molecule has 1 atom stereocenters. The van der Waals surface area contributed by atoms with Crippen molar-refractivity contribution in [3.05, 3.63) is 0 Å². The van der Waals surface area contributed by atoms with Gasteiger partial charge in [0.05, 0.1) is 0 Å². The smallest absolute Gasteiger partial charge is 0.220 e. The highest BCUT2D eigenvalue weighted by molar-refractivity contribution is 5.76. The fourth-order valence-corrected chi connectivity index (χ4v) is 2.29. The Hall–Kier alpha value is -0.610. The van der Waals surface area contributed by atoms with Gasteiger partial charge in [-0.1, -0.05) is 0 Å². The van der Waals surface area contributed by atoms with Crippen LogP contribution in [0.1, 0.15) is 46.0 Å². The molecular formula is C13H26N2O2. The average Bonchev–Trinajstić information content (AvgIpc) is 2.27. The van der Waals surface area contributed by atoms with Crippen LogP contribution in [-0.4, -0.2) is 36.2 Å². The molecule has 0 saturated carbocycles. The van der Waals surface area contributed by atoms with Gasteiger partial charge in [0.2, 0.25) is 5.91 Å². The quantitative estimate of drug-likeness (QED) is 0.652. The maximum absolute atomic E-state index is 11.8. The van der Waals surface area contributed by atoms with Crippen LogP contribution in [0.4, 0.5) is 0 Å². The zero-order chi connectivity index (χ0) is 12.7. The van der Waals surface area contributed by atoms with Gasteiger partial charge in [-0.05, 0) is 58.5 Å². The summed E-state index contributed by atoms with van der Waals surface area (Å²) in [6, 6.07) is 0. The molecule has 0 spiro atoms. The highest BCUT2D eigenvalue weighted by Gasteiger charge is 2.20. The summed E-state index contributed by atoms with van der Waals surface area (Å²) >= 11 is 0. The molecule has 1 aliphatic rings. The molecule has 1 amide bonds. The Bertz CT molecular complexity index is 236. The molecule has 17 heavy (non-hydrogen) atoms. The second kappa shape index (κ2) is 6.97. The molecule has 1 fully saturated rings. The second-order valence-corrected chi connectivity index (χ2v) is 5.66. The van der Waals surface area contributed by atoms with Gasteiger partial charge in [-0.3, -0.25) is 4.79 Å². The van der Waals surface area contributed by atoms with Gasteiger partial charge in [0.15, 0.2) is 0 Å². The summed E-state index contributed by atoms with van der Waals surface area (Å²) in [7, 11) is 0. The van der Waals surface area contributed by atoms with Gasteiger partial charge in [-0.25, -0.2) is 0 Å². The van der Waals surface area contributed by atoms with Crippen LogP contribution in [0.25, 0.3) is 0 Å². The maximum atomic E-state index is 11.8. The molecule has 1 rings (SSSR count). The van der Waals surface area contributed by atoms with Gasteiger partial charge in [0, 0.05) is 18.6 Å². The van der Waals surface area contributed by atoms with Gasteiger partial charge in [-0.15, -0.1) is 0 Å². The number of hydrogen-bond acceptors (Lipinski definition) is 3. The number of aliphatic hydroxyl groups excluding tert-OH is 1. The Morgan fingerprint density at radius 1 is 1.53 bits per heavy atom. The van der Waals surface area contributed by atoms with Gasteiger partial charge >= 0.3 is 0 Å². The molecule has 0 aromatic heterocycles. The number of carbonyl (C=O) groups is 1. The molecule has 0 radical (unpaired) electrons. The lowest BCUT2D eigenvalue weighted by atomic mass is 9.94. The molecule has 0 aromatic rings. The van der Waals surface area contributed by atoms with Gasteiger partial charge in [-0.2, -0.15) is 0 Å². The largest absolute Gasteiger partial charge is 0.396 e.